The molecule has 4 unspecified atom stereocenters. The van der Waals surface area contributed by atoms with Crippen molar-refractivity contribution in [3.63, 3.8) is 0 Å². The molecular formula is C15H26N4O7S2. The molecule has 0 spiro atoms. The van der Waals surface area contributed by atoms with Gasteiger partial charge in [-0.2, -0.15) is 24.4 Å². The van der Waals surface area contributed by atoms with Gasteiger partial charge in [-0.15, -0.1) is 0 Å². The maximum absolute atomic E-state index is 12.2. The monoisotopic (exact) mass is 438 g/mol. The van der Waals surface area contributed by atoms with Crippen LogP contribution in [0.3, 0.4) is 0 Å². The van der Waals surface area contributed by atoms with E-state index in [4.69, 9.17) is 15.9 Å². The molecule has 0 heterocycles. The fourth-order valence-electron chi connectivity index (χ4n) is 1.90. The molecule has 0 aliphatic heterocycles. The van der Waals surface area contributed by atoms with Gasteiger partial charge in [0, 0.05) is 5.75 Å². The number of aliphatic carboxylic acids is 2. The summed E-state index contributed by atoms with van der Waals surface area (Å²) in [7, 11) is 0. The molecule has 0 aromatic heterocycles. The molecule has 0 saturated heterocycles. The van der Waals surface area contributed by atoms with Gasteiger partial charge in [-0.05, 0) is 25.4 Å². The van der Waals surface area contributed by atoms with Crippen molar-refractivity contribution in [1.82, 2.24) is 16.0 Å². The highest BCUT2D eigenvalue weighted by Gasteiger charge is 2.29. The number of hydrogen-bond acceptors (Lipinski definition) is 8. The van der Waals surface area contributed by atoms with Gasteiger partial charge < -0.3 is 31.9 Å². The lowest BCUT2D eigenvalue weighted by Crippen LogP contribution is -2.57. The second-order valence-electron chi connectivity index (χ2n) is 5.86. The second kappa shape index (κ2) is 13.2. The van der Waals surface area contributed by atoms with Crippen LogP contribution in [0.2, 0.25) is 0 Å². The van der Waals surface area contributed by atoms with E-state index in [-0.39, 0.29) is 5.75 Å². The van der Waals surface area contributed by atoms with E-state index in [1.807, 2.05) is 6.26 Å². The molecule has 0 aromatic rings. The van der Waals surface area contributed by atoms with E-state index in [0.29, 0.717) is 12.2 Å². The predicted octanol–water partition coefficient (Wildman–Crippen LogP) is -1.97. The average molecular weight is 439 g/mol. The summed E-state index contributed by atoms with van der Waals surface area (Å²) in [4.78, 5) is 58.3. The summed E-state index contributed by atoms with van der Waals surface area (Å²) in [6, 6.07) is -4.78. The van der Waals surface area contributed by atoms with E-state index >= 15 is 0 Å². The molecule has 160 valence electrons. The molecule has 13 heteroatoms. The van der Waals surface area contributed by atoms with Crippen LogP contribution in [0, 0.1) is 0 Å². The molecule has 0 aliphatic carbocycles. The standard InChI is InChI=1S/C15H26N4O7S2/c1-7(17-13(23)8(16)3-4-28-2)12(22)18-9(5-11(20)21)14(24)19-10(6-27)15(25)26/h7-10,27H,3-6,16H2,1-2H3,(H,17,23)(H,18,22)(H,19,24)(H,20,21)(H,25,26). The van der Waals surface area contributed by atoms with E-state index < -0.39 is 60.2 Å². The summed E-state index contributed by atoms with van der Waals surface area (Å²) in [5.74, 6) is -4.67. The number of amides is 3. The number of carboxylic acids is 2. The van der Waals surface area contributed by atoms with E-state index in [2.05, 4.69) is 28.6 Å². The minimum Gasteiger partial charge on any atom is -0.481 e. The first-order chi connectivity index (χ1) is 13.0. The predicted molar refractivity (Wildman–Crippen MR) is 106 cm³/mol. The van der Waals surface area contributed by atoms with Crippen LogP contribution in [0.4, 0.5) is 0 Å². The third-order valence-electron chi connectivity index (χ3n) is 3.53. The van der Waals surface area contributed by atoms with Crippen molar-refractivity contribution >= 4 is 54.1 Å². The topological polar surface area (TPSA) is 188 Å². The van der Waals surface area contributed by atoms with E-state index in [9.17, 15) is 24.0 Å². The minimum absolute atomic E-state index is 0.227. The van der Waals surface area contributed by atoms with Crippen LogP contribution in [-0.4, -0.2) is 81.8 Å². The summed E-state index contributed by atoms with van der Waals surface area (Å²) >= 11 is 5.30. The third kappa shape index (κ3) is 9.80. The summed E-state index contributed by atoms with van der Waals surface area (Å²) in [5, 5.41) is 24.6. The zero-order valence-electron chi connectivity index (χ0n) is 15.5. The maximum atomic E-state index is 12.2. The quantitative estimate of drug-likeness (QED) is 0.160. The van der Waals surface area contributed by atoms with Gasteiger partial charge in [-0.1, -0.05) is 0 Å². The van der Waals surface area contributed by atoms with Crippen LogP contribution < -0.4 is 21.7 Å². The van der Waals surface area contributed by atoms with Gasteiger partial charge in [-0.3, -0.25) is 19.2 Å². The molecule has 0 aliphatic rings. The number of thiol groups is 1. The Labute approximate surface area is 172 Å². The molecule has 0 saturated carbocycles. The number of carbonyl (C=O) groups excluding carboxylic acids is 3. The van der Waals surface area contributed by atoms with E-state index in [0.717, 1.165) is 0 Å². The normalized spacial score (nSPS) is 14.9. The fourth-order valence-corrected chi connectivity index (χ4v) is 2.64. The van der Waals surface area contributed by atoms with Crippen molar-refractivity contribution in [3.8, 4) is 0 Å². The van der Waals surface area contributed by atoms with Gasteiger partial charge in [0.25, 0.3) is 0 Å². The van der Waals surface area contributed by atoms with Crippen LogP contribution in [0.1, 0.15) is 19.8 Å². The van der Waals surface area contributed by atoms with Crippen LogP contribution in [0.15, 0.2) is 0 Å². The van der Waals surface area contributed by atoms with Crippen LogP contribution >= 0.6 is 24.4 Å². The molecule has 7 N–H and O–H groups in total. The smallest absolute Gasteiger partial charge is 0.327 e. The number of nitrogens with two attached hydrogens (primary N) is 1. The van der Waals surface area contributed by atoms with Crippen molar-refractivity contribution in [2.45, 2.75) is 43.9 Å². The molecule has 0 aromatic carbocycles. The lowest BCUT2D eigenvalue weighted by atomic mass is 10.1. The summed E-state index contributed by atoms with van der Waals surface area (Å²) in [6.07, 6.45) is 1.49. The molecule has 0 rings (SSSR count). The number of thioether (sulfide) groups is 1. The van der Waals surface area contributed by atoms with Gasteiger partial charge >= 0.3 is 11.9 Å². The Balaban J connectivity index is 4.95. The molecule has 0 radical (unpaired) electrons. The third-order valence-corrected chi connectivity index (χ3v) is 4.54. The van der Waals surface area contributed by atoms with Crippen LogP contribution in [0.25, 0.3) is 0 Å². The highest BCUT2D eigenvalue weighted by Crippen LogP contribution is 2.01. The Kier molecular flexibility index (Phi) is 12.3. The molecule has 0 bridgehead atoms. The van der Waals surface area contributed by atoms with Crippen molar-refractivity contribution in [1.29, 1.82) is 0 Å². The first-order valence-corrected chi connectivity index (χ1v) is 10.3. The van der Waals surface area contributed by atoms with E-state index in [1.165, 1.54) is 18.7 Å². The zero-order chi connectivity index (χ0) is 21.9. The number of carbonyl (C=O) groups is 5. The van der Waals surface area contributed by atoms with Gasteiger partial charge in [0.05, 0.1) is 12.5 Å². The minimum atomic E-state index is -1.53. The Morgan fingerprint density at radius 1 is 1.00 bits per heavy atom. The highest BCUT2D eigenvalue weighted by molar-refractivity contribution is 7.98. The van der Waals surface area contributed by atoms with Crippen molar-refractivity contribution in [2.24, 2.45) is 5.73 Å². The SMILES string of the molecule is CSCCC(N)C(=O)NC(C)C(=O)NC(CC(=O)O)C(=O)NC(CS)C(=O)O. The summed E-state index contributed by atoms with van der Waals surface area (Å²) in [6.45, 7) is 1.35. The fraction of sp³-hybridized carbons (Fsp3) is 0.667. The average Bonchev–Trinajstić information content (AvgIpc) is 2.62. The molecule has 4 atom stereocenters. The van der Waals surface area contributed by atoms with Gasteiger partial charge in [0.15, 0.2) is 0 Å². The lowest BCUT2D eigenvalue weighted by molar-refractivity contribution is -0.143. The first kappa shape index (κ1) is 26.0. The number of carboxylic acid groups (broad SMARTS) is 2. The Hall–Kier alpha value is -1.99. The van der Waals surface area contributed by atoms with Gasteiger partial charge in [0.2, 0.25) is 17.7 Å². The van der Waals surface area contributed by atoms with Gasteiger partial charge in [-0.25, -0.2) is 4.79 Å². The highest BCUT2D eigenvalue weighted by atomic mass is 32.2. The van der Waals surface area contributed by atoms with E-state index in [1.54, 1.807) is 0 Å². The molecule has 11 nitrogen and oxygen atoms in total. The molecule has 0 fully saturated rings. The van der Waals surface area contributed by atoms with Crippen molar-refractivity contribution in [2.75, 3.05) is 17.8 Å². The molecule has 28 heavy (non-hydrogen) atoms. The lowest BCUT2D eigenvalue weighted by Gasteiger charge is -2.22. The number of hydrogen-bond donors (Lipinski definition) is 7. The Bertz CT molecular complexity index is 591. The number of nitrogens with one attached hydrogen (secondary N) is 3. The van der Waals surface area contributed by atoms with Crippen LogP contribution in [0.5, 0.6) is 0 Å². The summed E-state index contributed by atoms with van der Waals surface area (Å²) < 4.78 is 0. The van der Waals surface area contributed by atoms with Crippen LogP contribution in [-0.2, 0) is 24.0 Å². The zero-order valence-corrected chi connectivity index (χ0v) is 17.2. The summed E-state index contributed by atoms with van der Waals surface area (Å²) in [5.41, 5.74) is 5.70. The van der Waals surface area contributed by atoms with Crippen molar-refractivity contribution < 1.29 is 34.2 Å². The second-order valence-corrected chi connectivity index (χ2v) is 7.21. The Morgan fingerprint density at radius 3 is 2.04 bits per heavy atom. The molecule has 3 amide bonds. The number of rotatable bonds is 13. The maximum Gasteiger partial charge on any atom is 0.327 e. The first-order valence-electron chi connectivity index (χ1n) is 8.24. The Morgan fingerprint density at radius 2 is 1.57 bits per heavy atom. The molecular weight excluding hydrogens is 412 g/mol. The largest absolute Gasteiger partial charge is 0.481 e. The van der Waals surface area contributed by atoms with Crippen molar-refractivity contribution in [3.05, 3.63) is 0 Å². The van der Waals surface area contributed by atoms with Gasteiger partial charge in [0.1, 0.15) is 18.1 Å².